The molecule has 92 valence electrons. The van der Waals surface area contributed by atoms with Crippen molar-refractivity contribution in [3.05, 3.63) is 29.3 Å². The quantitative estimate of drug-likeness (QED) is 0.862. The van der Waals surface area contributed by atoms with Crippen LogP contribution < -0.4 is 10.5 Å². The van der Waals surface area contributed by atoms with Gasteiger partial charge in [-0.3, -0.25) is 4.90 Å². The zero-order valence-corrected chi connectivity index (χ0v) is 10.4. The number of fused-ring (bicyclic) bond motifs is 1. The van der Waals surface area contributed by atoms with E-state index in [4.69, 9.17) is 10.5 Å². The molecule has 1 aromatic carbocycles. The summed E-state index contributed by atoms with van der Waals surface area (Å²) in [6.07, 6.45) is 2.70. The van der Waals surface area contributed by atoms with Gasteiger partial charge in [-0.25, -0.2) is 0 Å². The first kappa shape index (κ1) is 11.1. The number of rotatable bonds is 3. The highest BCUT2D eigenvalue weighted by Crippen LogP contribution is 2.38. The van der Waals surface area contributed by atoms with Gasteiger partial charge in [-0.05, 0) is 24.5 Å². The summed E-state index contributed by atoms with van der Waals surface area (Å²) in [5, 5.41) is 0. The van der Waals surface area contributed by atoms with Gasteiger partial charge in [-0.1, -0.05) is 12.1 Å². The van der Waals surface area contributed by atoms with Crippen molar-refractivity contribution in [1.29, 1.82) is 0 Å². The summed E-state index contributed by atoms with van der Waals surface area (Å²) in [7, 11) is 1.75. The van der Waals surface area contributed by atoms with Crippen molar-refractivity contribution < 1.29 is 4.74 Å². The minimum atomic E-state index is 0.467. The Labute approximate surface area is 103 Å². The molecule has 2 aliphatic rings. The van der Waals surface area contributed by atoms with Gasteiger partial charge in [-0.2, -0.15) is 0 Å². The summed E-state index contributed by atoms with van der Waals surface area (Å²) in [5.74, 6) is 1.49. The molecule has 1 aromatic rings. The number of hydrogen-bond donors (Lipinski definition) is 1. The van der Waals surface area contributed by atoms with Gasteiger partial charge < -0.3 is 10.5 Å². The monoisotopic (exact) mass is 232 g/mol. The first-order valence-corrected chi connectivity index (χ1v) is 6.43. The van der Waals surface area contributed by atoms with Gasteiger partial charge in [0.1, 0.15) is 5.75 Å². The first-order valence-electron chi connectivity index (χ1n) is 6.43. The third-order valence-corrected chi connectivity index (χ3v) is 3.99. The SMILES string of the molecule is COc1cccc2c1CN(C1CC1)CC2CN. The van der Waals surface area contributed by atoms with Crippen LogP contribution in [0.2, 0.25) is 0 Å². The maximum Gasteiger partial charge on any atom is 0.123 e. The summed E-state index contributed by atoms with van der Waals surface area (Å²) in [6, 6.07) is 7.14. The third-order valence-electron chi connectivity index (χ3n) is 3.99. The van der Waals surface area contributed by atoms with Crippen molar-refractivity contribution in [2.75, 3.05) is 20.2 Å². The molecule has 1 atom stereocenters. The lowest BCUT2D eigenvalue weighted by Gasteiger charge is -2.35. The van der Waals surface area contributed by atoms with Crippen molar-refractivity contribution in [2.45, 2.75) is 31.3 Å². The van der Waals surface area contributed by atoms with Crippen molar-refractivity contribution in [3.63, 3.8) is 0 Å². The molecule has 1 fully saturated rings. The lowest BCUT2D eigenvalue weighted by molar-refractivity contribution is 0.217. The molecule has 3 heteroatoms. The van der Waals surface area contributed by atoms with Gasteiger partial charge in [0.15, 0.2) is 0 Å². The molecule has 2 N–H and O–H groups in total. The Kier molecular flexibility index (Phi) is 2.81. The fraction of sp³-hybridized carbons (Fsp3) is 0.571. The standard InChI is InChI=1S/C14H20N2O/c1-17-14-4-2-3-12-10(7-15)8-16(9-13(12)14)11-5-6-11/h2-4,10-11H,5-9,15H2,1H3. The van der Waals surface area contributed by atoms with Crippen LogP contribution in [0.4, 0.5) is 0 Å². The van der Waals surface area contributed by atoms with Gasteiger partial charge in [0, 0.05) is 37.2 Å². The van der Waals surface area contributed by atoms with Gasteiger partial charge in [0.2, 0.25) is 0 Å². The highest BCUT2D eigenvalue weighted by molar-refractivity contribution is 5.44. The predicted molar refractivity (Wildman–Crippen MR) is 68.2 cm³/mol. The smallest absolute Gasteiger partial charge is 0.123 e. The Bertz CT molecular complexity index is 415. The second-order valence-electron chi connectivity index (χ2n) is 5.12. The molecule has 17 heavy (non-hydrogen) atoms. The van der Waals surface area contributed by atoms with Crippen LogP contribution in [-0.4, -0.2) is 31.1 Å². The molecule has 0 bridgehead atoms. The minimum Gasteiger partial charge on any atom is -0.496 e. The van der Waals surface area contributed by atoms with Crippen LogP contribution in [0, 0.1) is 0 Å². The lowest BCUT2D eigenvalue weighted by Crippen LogP contribution is -2.38. The Balaban J connectivity index is 1.97. The van der Waals surface area contributed by atoms with Crippen molar-refractivity contribution in [3.8, 4) is 5.75 Å². The average molecular weight is 232 g/mol. The zero-order chi connectivity index (χ0) is 11.8. The maximum atomic E-state index is 5.92. The zero-order valence-electron chi connectivity index (χ0n) is 10.4. The van der Waals surface area contributed by atoms with Crippen LogP contribution in [-0.2, 0) is 6.54 Å². The molecule has 1 aliphatic carbocycles. The number of methoxy groups -OCH3 is 1. The van der Waals surface area contributed by atoms with Crippen LogP contribution in [0.15, 0.2) is 18.2 Å². The van der Waals surface area contributed by atoms with Crippen LogP contribution in [0.3, 0.4) is 0 Å². The molecule has 0 spiro atoms. The molecule has 1 unspecified atom stereocenters. The van der Waals surface area contributed by atoms with Crippen LogP contribution in [0.5, 0.6) is 5.75 Å². The van der Waals surface area contributed by atoms with E-state index in [1.165, 1.54) is 24.0 Å². The van der Waals surface area contributed by atoms with Crippen LogP contribution in [0.1, 0.15) is 29.9 Å². The Hall–Kier alpha value is -1.06. The number of benzene rings is 1. The van der Waals surface area contributed by atoms with Gasteiger partial charge in [0.25, 0.3) is 0 Å². The Morgan fingerprint density at radius 3 is 2.88 bits per heavy atom. The van der Waals surface area contributed by atoms with E-state index in [2.05, 4.69) is 23.1 Å². The Morgan fingerprint density at radius 1 is 1.41 bits per heavy atom. The lowest BCUT2D eigenvalue weighted by atomic mass is 9.89. The molecule has 1 heterocycles. The average Bonchev–Trinajstić information content (AvgIpc) is 3.20. The van der Waals surface area contributed by atoms with Gasteiger partial charge in [-0.15, -0.1) is 0 Å². The fourth-order valence-corrected chi connectivity index (χ4v) is 2.89. The molecule has 0 saturated heterocycles. The van der Waals surface area contributed by atoms with Crippen molar-refractivity contribution in [2.24, 2.45) is 5.73 Å². The third kappa shape index (κ3) is 1.94. The maximum absolute atomic E-state index is 5.92. The molecule has 0 radical (unpaired) electrons. The summed E-state index contributed by atoms with van der Waals surface area (Å²) < 4.78 is 5.49. The second-order valence-corrected chi connectivity index (χ2v) is 5.12. The Morgan fingerprint density at radius 2 is 2.24 bits per heavy atom. The van der Waals surface area contributed by atoms with E-state index in [9.17, 15) is 0 Å². The molecular weight excluding hydrogens is 212 g/mol. The second kappa shape index (κ2) is 4.31. The van der Waals surface area contributed by atoms with E-state index in [-0.39, 0.29) is 0 Å². The normalized spacial score (nSPS) is 24.5. The van der Waals surface area contributed by atoms with E-state index >= 15 is 0 Å². The van der Waals surface area contributed by atoms with E-state index < -0.39 is 0 Å². The summed E-state index contributed by atoms with van der Waals surface area (Å²) in [5.41, 5.74) is 8.67. The number of hydrogen-bond acceptors (Lipinski definition) is 3. The highest BCUT2D eigenvalue weighted by atomic mass is 16.5. The van der Waals surface area contributed by atoms with E-state index in [1.54, 1.807) is 7.11 Å². The molecule has 0 aromatic heterocycles. The minimum absolute atomic E-state index is 0.467. The van der Waals surface area contributed by atoms with Crippen LogP contribution >= 0.6 is 0 Å². The largest absolute Gasteiger partial charge is 0.496 e. The van der Waals surface area contributed by atoms with E-state index in [0.29, 0.717) is 5.92 Å². The van der Waals surface area contributed by atoms with Gasteiger partial charge in [0.05, 0.1) is 7.11 Å². The van der Waals surface area contributed by atoms with E-state index in [0.717, 1.165) is 31.4 Å². The van der Waals surface area contributed by atoms with Crippen molar-refractivity contribution >= 4 is 0 Å². The fourth-order valence-electron chi connectivity index (χ4n) is 2.89. The number of ether oxygens (including phenoxy) is 1. The molecule has 3 nitrogen and oxygen atoms in total. The predicted octanol–water partition coefficient (Wildman–Crippen LogP) is 1.72. The molecule has 0 amide bonds. The van der Waals surface area contributed by atoms with Gasteiger partial charge >= 0.3 is 0 Å². The first-order chi connectivity index (χ1) is 8.33. The highest BCUT2D eigenvalue weighted by Gasteiger charge is 2.35. The molecule has 1 aliphatic heterocycles. The summed E-state index contributed by atoms with van der Waals surface area (Å²) >= 11 is 0. The summed E-state index contributed by atoms with van der Waals surface area (Å²) in [4.78, 5) is 2.57. The molecule has 3 rings (SSSR count). The molecular formula is C14H20N2O. The molecule has 1 saturated carbocycles. The van der Waals surface area contributed by atoms with Crippen molar-refractivity contribution in [1.82, 2.24) is 4.90 Å². The van der Waals surface area contributed by atoms with Crippen LogP contribution in [0.25, 0.3) is 0 Å². The topological polar surface area (TPSA) is 38.5 Å². The summed E-state index contributed by atoms with van der Waals surface area (Å²) in [6.45, 7) is 2.87. The number of nitrogens with two attached hydrogens (primary N) is 1. The number of nitrogens with zero attached hydrogens (tertiary/aromatic N) is 1. The van der Waals surface area contributed by atoms with E-state index in [1.807, 2.05) is 0 Å².